The van der Waals surface area contributed by atoms with Crippen molar-refractivity contribution >= 4 is 23.4 Å². The molecular weight excluding hydrogens is 378 g/mol. The maximum absolute atomic E-state index is 12.4. The molecule has 0 spiro atoms. The average molecular weight is 410 g/mol. The van der Waals surface area contributed by atoms with Crippen molar-refractivity contribution in [1.29, 1.82) is 0 Å². The van der Waals surface area contributed by atoms with Crippen LogP contribution >= 0.6 is 0 Å². The molecule has 1 aliphatic heterocycles. The molecule has 0 fully saturated rings. The first-order chi connectivity index (χ1) is 14.3. The van der Waals surface area contributed by atoms with Gasteiger partial charge in [-0.3, -0.25) is 4.79 Å². The third-order valence-corrected chi connectivity index (χ3v) is 4.88. The molecular formula is C24H31N3O3. The molecule has 0 unspecified atom stereocenters. The van der Waals surface area contributed by atoms with Crippen molar-refractivity contribution in [3.05, 3.63) is 59.7 Å². The molecule has 0 bridgehead atoms. The van der Waals surface area contributed by atoms with Crippen LogP contribution in [0.5, 0.6) is 0 Å². The van der Waals surface area contributed by atoms with Gasteiger partial charge in [0, 0.05) is 37.4 Å². The molecule has 1 heterocycles. The quantitative estimate of drug-likeness (QED) is 0.661. The SMILES string of the molecule is CC(C)(C)OC(=O)NCCCC(=O)Nc1ccccc1CN1CCc2ccccc21. The van der Waals surface area contributed by atoms with Crippen LogP contribution in [0, 0.1) is 0 Å². The zero-order valence-corrected chi connectivity index (χ0v) is 18.0. The summed E-state index contributed by atoms with van der Waals surface area (Å²) in [6, 6.07) is 16.4. The molecule has 2 aromatic carbocycles. The first-order valence-corrected chi connectivity index (χ1v) is 10.5. The standard InChI is InChI=1S/C24H31N3O3/c1-24(2,3)30-23(29)25-15-8-13-22(28)26-20-11-6-4-10-19(20)17-27-16-14-18-9-5-7-12-21(18)27/h4-7,9-12H,8,13-17H2,1-3H3,(H,25,29)(H,26,28). The molecule has 3 rings (SSSR count). The molecule has 6 nitrogen and oxygen atoms in total. The number of hydrogen-bond donors (Lipinski definition) is 2. The lowest BCUT2D eigenvalue weighted by Gasteiger charge is -2.21. The maximum atomic E-state index is 12.4. The van der Waals surface area contributed by atoms with Gasteiger partial charge >= 0.3 is 6.09 Å². The second-order valence-corrected chi connectivity index (χ2v) is 8.54. The van der Waals surface area contributed by atoms with Gasteiger partial charge in [0.15, 0.2) is 0 Å². The Labute approximate surface area is 178 Å². The summed E-state index contributed by atoms with van der Waals surface area (Å²) in [6.07, 6.45) is 1.47. The van der Waals surface area contributed by atoms with Crippen LogP contribution in [0.2, 0.25) is 0 Å². The molecule has 6 heteroatoms. The van der Waals surface area contributed by atoms with Crippen LogP contribution in [-0.2, 0) is 22.5 Å². The Morgan fingerprint density at radius 1 is 1.07 bits per heavy atom. The lowest BCUT2D eigenvalue weighted by Crippen LogP contribution is -2.33. The van der Waals surface area contributed by atoms with Gasteiger partial charge in [-0.1, -0.05) is 36.4 Å². The molecule has 2 N–H and O–H groups in total. The largest absolute Gasteiger partial charge is 0.444 e. The van der Waals surface area contributed by atoms with Crippen molar-refractivity contribution in [2.75, 3.05) is 23.3 Å². The van der Waals surface area contributed by atoms with Gasteiger partial charge < -0.3 is 20.3 Å². The molecule has 0 saturated heterocycles. The molecule has 0 aliphatic carbocycles. The van der Waals surface area contributed by atoms with E-state index in [4.69, 9.17) is 4.74 Å². The summed E-state index contributed by atoms with van der Waals surface area (Å²) in [4.78, 5) is 26.4. The zero-order valence-electron chi connectivity index (χ0n) is 18.0. The summed E-state index contributed by atoms with van der Waals surface area (Å²) in [7, 11) is 0. The summed E-state index contributed by atoms with van der Waals surface area (Å²) in [5.41, 5.74) is 4.05. The Hall–Kier alpha value is -3.02. The third kappa shape index (κ3) is 6.24. The van der Waals surface area contributed by atoms with Crippen LogP contribution in [0.3, 0.4) is 0 Å². The van der Waals surface area contributed by atoms with Gasteiger partial charge in [0.1, 0.15) is 5.60 Å². The van der Waals surface area contributed by atoms with E-state index in [1.165, 1.54) is 11.3 Å². The predicted octanol–water partition coefficient (Wildman–Crippen LogP) is 4.49. The topological polar surface area (TPSA) is 70.7 Å². The average Bonchev–Trinajstić information content (AvgIpc) is 3.08. The van der Waals surface area contributed by atoms with E-state index in [0.717, 1.165) is 30.8 Å². The van der Waals surface area contributed by atoms with E-state index >= 15 is 0 Å². The number of ether oxygens (including phenoxy) is 1. The van der Waals surface area contributed by atoms with E-state index in [-0.39, 0.29) is 5.91 Å². The van der Waals surface area contributed by atoms with Crippen molar-refractivity contribution in [1.82, 2.24) is 5.32 Å². The van der Waals surface area contributed by atoms with Gasteiger partial charge in [0.05, 0.1) is 0 Å². The minimum atomic E-state index is -0.527. The van der Waals surface area contributed by atoms with Crippen molar-refractivity contribution in [2.45, 2.75) is 52.2 Å². The summed E-state index contributed by atoms with van der Waals surface area (Å²) in [6.45, 7) is 7.59. The number of anilines is 2. The first kappa shape index (κ1) is 21.7. The fourth-order valence-electron chi connectivity index (χ4n) is 3.52. The van der Waals surface area contributed by atoms with Gasteiger partial charge in [-0.15, -0.1) is 0 Å². The maximum Gasteiger partial charge on any atom is 0.407 e. The molecule has 1 aliphatic rings. The number of fused-ring (bicyclic) bond motifs is 1. The van der Waals surface area contributed by atoms with E-state index in [0.29, 0.717) is 19.4 Å². The van der Waals surface area contributed by atoms with E-state index in [9.17, 15) is 9.59 Å². The monoisotopic (exact) mass is 409 g/mol. The number of rotatable bonds is 7. The summed E-state index contributed by atoms with van der Waals surface area (Å²) in [5, 5.41) is 5.70. The van der Waals surface area contributed by atoms with E-state index < -0.39 is 11.7 Å². The van der Waals surface area contributed by atoms with E-state index in [2.05, 4.69) is 45.9 Å². The molecule has 2 amide bonds. The normalized spacial score (nSPS) is 13.0. The van der Waals surface area contributed by atoms with Crippen molar-refractivity contribution < 1.29 is 14.3 Å². The summed E-state index contributed by atoms with van der Waals surface area (Å²) < 4.78 is 5.19. The molecule has 0 radical (unpaired) electrons. The second-order valence-electron chi connectivity index (χ2n) is 8.54. The highest BCUT2D eigenvalue weighted by Gasteiger charge is 2.20. The Bertz CT molecular complexity index is 889. The fourth-order valence-corrected chi connectivity index (χ4v) is 3.52. The molecule has 0 aromatic heterocycles. The predicted molar refractivity (Wildman–Crippen MR) is 120 cm³/mol. The number of alkyl carbamates (subject to hydrolysis) is 1. The molecule has 2 aromatic rings. The molecule has 160 valence electrons. The van der Waals surface area contributed by atoms with Gasteiger partial charge in [0.2, 0.25) is 5.91 Å². The lowest BCUT2D eigenvalue weighted by atomic mass is 10.1. The van der Waals surface area contributed by atoms with E-state index in [1.807, 2.05) is 39.0 Å². The van der Waals surface area contributed by atoms with Crippen LogP contribution in [-0.4, -0.2) is 30.7 Å². The first-order valence-electron chi connectivity index (χ1n) is 10.5. The highest BCUT2D eigenvalue weighted by atomic mass is 16.6. The number of nitrogens with one attached hydrogen (secondary N) is 2. The second kappa shape index (κ2) is 9.65. The van der Waals surface area contributed by atoms with Crippen molar-refractivity contribution in [3.8, 4) is 0 Å². The highest BCUT2D eigenvalue weighted by molar-refractivity contribution is 5.91. The summed E-state index contributed by atoms with van der Waals surface area (Å²) >= 11 is 0. The van der Waals surface area contributed by atoms with Gasteiger partial charge in [-0.25, -0.2) is 4.79 Å². The number of carbonyl (C=O) groups excluding carboxylic acids is 2. The van der Waals surface area contributed by atoms with Crippen LogP contribution in [0.25, 0.3) is 0 Å². The van der Waals surface area contributed by atoms with Crippen LogP contribution in [0.1, 0.15) is 44.7 Å². The smallest absolute Gasteiger partial charge is 0.407 e. The fraction of sp³-hybridized carbons (Fsp3) is 0.417. The number of carbonyl (C=O) groups is 2. The number of benzene rings is 2. The highest BCUT2D eigenvalue weighted by Crippen LogP contribution is 2.30. The van der Waals surface area contributed by atoms with Crippen LogP contribution in [0.15, 0.2) is 48.5 Å². The summed E-state index contributed by atoms with van der Waals surface area (Å²) in [5.74, 6) is -0.0599. The zero-order chi connectivity index (χ0) is 21.6. The minimum Gasteiger partial charge on any atom is -0.444 e. The lowest BCUT2D eigenvalue weighted by molar-refractivity contribution is -0.116. The Morgan fingerprint density at radius 3 is 2.60 bits per heavy atom. The van der Waals surface area contributed by atoms with Crippen LogP contribution < -0.4 is 15.5 Å². The van der Waals surface area contributed by atoms with Crippen LogP contribution in [0.4, 0.5) is 16.2 Å². The minimum absolute atomic E-state index is 0.0599. The van der Waals surface area contributed by atoms with Crippen molar-refractivity contribution in [2.24, 2.45) is 0 Å². The number of hydrogen-bond acceptors (Lipinski definition) is 4. The molecule has 0 saturated carbocycles. The number of nitrogens with zero attached hydrogens (tertiary/aromatic N) is 1. The number of amides is 2. The third-order valence-electron chi connectivity index (χ3n) is 4.88. The van der Waals surface area contributed by atoms with Gasteiger partial charge in [-0.05, 0) is 56.9 Å². The van der Waals surface area contributed by atoms with Crippen molar-refractivity contribution in [3.63, 3.8) is 0 Å². The van der Waals surface area contributed by atoms with Gasteiger partial charge in [-0.2, -0.15) is 0 Å². The Morgan fingerprint density at radius 2 is 1.80 bits per heavy atom. The number of para-hydroxylation sites is 2. The molecule has 30 heavy (non-hydrogen) atoms. The molecule has 0 atom stereocenters. The van der Waals surface area contributed by atoms with E-state index in [1.54, 1.807) is 0 Å². The Kier molecular flexibility index (Phi) is 6.98. The Balaban J connectivity index is 1.49. The van der Waals surface area contributed by atoms with Gasteiger partial charge in [0.25, 0.3) is 0 Å².